The molecule has 0 bridgehead atoms. The third kappa shape index (κ3) is 3.77. The fourth-order valence-corrected chi connectivity index (χ4v) is 4.64. The predicted octanol–water partition coefficient (Wildman–Crippen LogP) is 7.29. The zero-order chi connectivity index (χ0) is 21.2. The van der Waals surface area contributed by atoms with E-state index in [1.807, 2.05) is 31.5 Å². The van der Waals surface area contributed by atoms with Crippen molar-refractivity contribution in [3.8, 4) is 5.69 Å². The van der Waals surface area contributed by atoms with E-state index in [2.05, 4.69) is 82.4 Å². The highest BCUT2D eigenvalue weighted by atomic mass is 35.5. The van der Waals surface area contributed by atoms with Gasteiger partial charge in [0.25, 0.3) is 0 Å². The summed E-state index contributed by atoms with van der Waals surface area (Å²) in [6.07, 6.45) is 6.08. The van der Waals surface area contributed by atoms with Crippen LogP contribution < -0.4 is 4.90 Å². The molecule has 0 fully saturated rings. The highest BCUT2D eigenvalue weighted by Gasteiger charge is 2.29. The summed E-state index contributed by atoms with van der Waals surface area (Å²) in [5.41, 5.74) is 6.83. The lowest BCUT2D eigenvalue weighted by Crippen LogP contribution is -2.33. The van der Waals surface area contributed by atoms with Gasteiger partial charge in [-0.25, -0.2) is 4.99 Å². The van der Waals surface area contributed by atoms with Crippen LogP contribution in [0.4, 0.5) is 11.4 Å². The molecular weight excluding hydrogens is 402 g/mol. The van der Waals surface area contributed by atoms with Gasteiger partial charge in [0.05, 0.1) is 34.5 Å². The molecule has 0 amide bonds. The average molecular weight is 426 g/mol. The summed E-state index contributed by atoms with van der Waals surface area (Å²) in [4.78, 5) is 7.15. The van der Waals surface area contributed by atoms with Gasteiger partial charge in [-0.2, -0.15) is 0 Å². The summed E-state index contributed by atoms with van der Waals surface area (Å²) in [5, 5.41) is 0.672. The van der Waals surface area contributed by atoms with Crippen LogP contribution in [0.1, 0.15) is 29.3 Å². The number of nitrogens with zero attached hydrogens (tertiary/aromatic N) is 3. The van der Waals surface area contributed by atoms with Crippen LogP contribution in [0.15, 0.2) is 96.1 Å². The molecule has 5 rings (SSSR count). The van der Waals surface area contributed by atoms with Crippen LogP contribution in [0.5, 0.6) is 0 Å². The molecule has 0 N–H and O–H groups in total. The van der Waals surface area contributed by atoms with Crippen molar-refractivity contribution < 1.29 is 0 Å². The SMILES string of the molecule is Cc1cccc(Cl)c1N=CN1c2ccccc2-n2cccc2C1CCc1ccccc1. The molecule has 0 spiro atoms. The van der Waals surface area contributed by atoms with Gasteiger partial charge in [0.15, 0.2) is 0 Å². The Bertz CT molecular complexity index is 1210. The Morgan fingerprint density at radius 1 is 0.871 bits per heavy atom. The van der Waals surface area contributed by atoms with Crippen molar-refractivity contribution in [2.24, 2.45) is 4.99 Å². The Hall–Kier alpha value is -3.30. The molecule has 3 nitrogen and oxygen atoms in total. The molecule has 4 aromatic rings. The van der Waals surface area contributed by atoms with Crippen molar-refractivity contribution in [3.05, 3.63) is 113 Å². The van der Waals surface area contributed by atoms with Crippen LogP contribution in [0.25, 0.3) is 5.69 Å². The molecule has 1 unspecified atom stereocenters. The van der Waals surface area contributed by atoms with Crippen molar-refractivity contribution in [2.75, 3.05) is 4.90 Å². The number of benzene rings is 3. The highest BCUT2D eigenvalue weighted by Crippen LogP contribution is 2.40. The Balaban J connectivity index is 1.56. The first kappa shape index (κ1) is 19.7. The van der Waals surface area contributed by atoms with Crippen molar-refractivity contribution in [1.82, 2.24) is 4.57 Å². The van der Waals surface area contributed by atoms with E-state index >= 15 is 0 Å². The van der Waals surface area contributed by atoms with Gasteiger partial charge in [-0.15, -0.1) is 0 Å². The second-order valence-corrected chi connectivity index (χ2v) is 8.30. The zero-order valence-electron chi connectivity index (χ0n) is 17.4. The highest BCUT2D eigenvalue weighted by molar-refractivity contribution is 6.33. The third-order valence-corrected chi connectivity index (χ3v) is 6.23. The van der Waals surface area contributed by atoms with Gasteiger partial charge in [-0.3, -0.25) is 0 Å². The number of aromatic nitrogens is 1. The Labute approximate surface area is 188 Å². The minimum Gasteiger partial charge on any atom is -0.321 e. The lowest BCUT2D eigenvalue weighted by Gasteiger charge is -2.37. The van der Waals surface area contributed by atoms with E-state index in [1.54, 1.807) is 0 Å². The van der Waals surface area contributed by atoms with Crippen LogP contribution in [-0.2, 0) is 6.42 Å². The summed E-state index contributed by atoms with van der Waals surface area (Å²) in [5.74, 6) is 0. The van der Waals surface area contributed by atoms with Gasteiger partial charge in [0.1, 0.15) is 0 Å². The van der Waals surface area contributed by atoms with E-state index in [-0.39, 0.29) is 6.04 Å². The van der Waals surface area contributed by atoms with E-state index in [4.69, 9.17) is 16.6 Å². The fraction of sp³-hybridized carbons (Fsp3) is 0.148. The van der Waals surface area contributed by atoms with Gasteiger partial charge >= 0.3 is 0 Å². The van der Waals surface area contributed by atoms with E-state index in [0.717, 1.165) is 29.8 Å². The van der Waals surface area contributed by atoms with Crippen molar-refractivity contribution in [2.45, 2.75) is 25.8 Å². The second-order valence-electron chi connectivity index (χ2n) is 7.89. The number of aliphatic imine (C=N–C) groups is 1. The Morgan fingerprint density at radius 3 is 2.45 bits per heavy atom. The number of para-hydroxylation sites is 3. The largest absolute Gasteiger partial charge is 0.321 e. The summed E-state index contributed by atoms with van der Waals surface area (Å²) in [6, 6.07) is 29.6. The van der Waals surface area contributed by atoms with Gasteiger partial charge in [0, 0.05) is 11.9 Å². The molecule has 1 aliphatic rings. The second kappa shape index (κ2) is 8.44. The minimum absolute atomic E-state index is 0.177. The normalized spacial score (nSPS) is 15.2. The number of fused-ring (bicyclic) bond motifs is 3. The number of anilines is 1. The third-order valence-electron chi connectivity index (χ3n) is 5.93. The quantitative estimate of drug-likeness (QED) is 0.243. The summed E-state index contributed by atoms with van der Waals surface area (Å²) < 4.78 is 2.30. The smallest absolute Gasteiger partial charge is 0.0964 e. The maximum atomic E-state index is 6.45. The van der Waals surface area contributed by atoms with Gasteiger partial charge in [0.2, 0.25) is 0 Å². The predicted molar refractivity (Wildman–Crippen MR) is 130 cm³/mol. The van der Waals surface area contributed by atoms with Crippen LogP contribution in [0.2, 0.25) is 5.02 Å². The molecule has 1 aliphatic heterocycles. The summed E-state index contributed by atoms with van der Waals surface area (Å²) >= 11 is 6.45. The lowest BCUT2D eigenvalue weighted by atomic mass is 9.99. The van der Waals surface area contributed by atoms with Crippen LogP contribution in [-0.4, -0.2) is 10.9 Å². The number of halogens is 1. The molecule has 0 aliphatic carbocycles. The molecule has 3 aromatic carbocycles. The Morgan fingerprint density at radius 2 is 1.65 bits per heavy atom. The molecule has 4 heteroatoms. The fourth-order valence-electron chi connectivity index (χ4n) is 4.37. The van der Waals surface area contributed by atoms with Crippen molar-refractivity contribution in [1.29, 1.82) is 0 Å². The first-order valence-electron chi connectivity index (χ1n) is 10.6. The molecule has 0 saturated heterocycles. The maximum absolute atomic E-state index is 6.45. The molecule has 0 saturated carbocycles. The zero-order valence-corrected chi connectivity index (χ0v) is 18.2. The summed E-state index contributed by atoms with van der Waals surface area (Å²) in [7, 11) is 0. The first-order valence-corrected chi connectivity index (χ1v) is 11.0. The van der Waals surface area contributed by atoms with E-state index in [9.17, 15) is 0 Å². The molecule has 1 aromatic heterocycles. The lowest BCUT2D eigenvalue weighted by molar-refractivity contribution is 0.602. The van der Waals surface area contributed by atoms with Crippen LogP contribution >= 0.6 is 11.6 Å². The number of hydrogen-bond donors (Lipinski definition) is 0. The van der Waals surface area contributed by atoms with E-state index in [1.165, 1.54) is 16.9 Å². The van der Waals surface area contributed by atoms with Crippen LogP contribution in [0, 0.1) is 6.92 Å². The number of rotatable bonds is 5. The van der Waals surface area contributed by atoms with Gasteiger partial charge in [-0.05, 0) is 61.2 Å². The molecule has 1 atom stereocenters. The Kier molecular flexibility index (Phi) is 5.35. The maximum Gasteiger partial charge on any atom is 0.0964 e. The molecular formula is C27H24ClN3. The summed E-state index contributed by atoms with van der Waals surface area (Å²) in [6.45, 7) is 2.04. The number of hydrogen-bond acceptors (Lipinski definition) is 1. The monoisotopic (exact) mass is 425 g/mol. The molecule has 31 heavy (non-hydrogen) atoms. The van der Waals surface area contributed by atoms with E-state index < -0.39 is 0 Å². The van der Waals surface area contributed by atoms with Gasteiger partial charge < -0.3 is 9.47 Å². The van der Waals surface area contributed by atoms with Crippen molar-refractivity contribution in [3.63, 3.8) is 0 Å². The molecule has 0 radical (unpaired) electrons. The van der Waals surface area contributed by atoms with Gasteiger partial charge in [-0.1, -0.05) is 66.2 Å². The topological polar surface area (TPSA) is 20.5 Å². The first-order chi connectivity index (χ1) is 15.2. The average Bonchev–Trinajstić information content (AvgIpc) is 3.28. The number of aryl methyl sites for hydroxylation is 2. The standard InChI is InChI=1S/C27H24ClN3/c1-20-9-7-12-22(28)27(20)29-19-31-25-14-6-5-13-23(25)30-18-8-15-24(30)26(31)17-16-21-10-3-2-4-11-21/h2-15,18-19,26H,16-17H2,1H3. The van der Waals surface area contributed by atoms with Crippen LogP contribution in [0.3, 0.4) is 0 Å². The molecule has 2 heterocycles. The minimum atomic E-state index is 0.177. The van der Waals surface area contributed by atoms with E-state index in [0.29, 0.717) is 5.02 Å². The molecule has 154 valence electrons. The van der Waals surface area contributed by atoms with Crippen molar-refractivity contribution >= 4 is 29.3 Å².